The van der Waals surface area contributed by atoms with Crippen LogP contribution in [0.15, 0.2) is 71.3 Å². The minimum Gasteiger partial charge on any atom is -0.456 e. The first kappa shape index (κ1) is 22.9. The third-order valence-electron chi connectivity index (χ3n) is 6.65. The number of aromatic nitrogens is 1. The smallest absolute Gasteiger partial charge is 0.216 e. The monoisotopic (exact) mass is 459 g/mol. The largest absolute Gasteiger partial charge is 0.456 e. The van der Waals surface area contributed by atoms with E-state index in [0.717, 1.165) is 50.7 Å². The van der Waals surface area contributed by atoms with Crippen molar-refractivity contribution in [2.24, 2.45) is 12.5 Å². The Labute approximate surface area is 207 Å². The molecule has 0 saturated heterocycles. The molecule has 0 unspecified atom stereocenters. The predicted molar refractivity (Wildman–Crippen MR) is 145 cm³/mol. The second-order valence-corrected chi connectivity index (χ2v) is 10.8. The summed E-state index contributed by atoms with van der Waals surface area (Å²) in [4.78, 5) is 3.83. The standard InChI is InChI=1S/C32H31N2O/c1-20-17-21(2)28(26-16-13-22(19-34(26)7)18-32(3,4)5)31-27(20)24-14-15-25(33-6)29(30(24)35-31)23-11-9-8-10-12-23/h8-17,19H,18H2,1-5,7H3/q+1. The number of rotatable bonds is 3. The number of benzene rings is 3. The molecule has 2 aromatic heterocycles. The molecule has 0 fully saturated rings. The van der Waals surface area contributed by atoms with Crippen LogP contribution in [0.1, 0.15) is 37.5 Å². The highest BCUT2D eigenvalue weighted by Gasteiger charge is 2.25. The molecule has 0 amide bonds. The van der Waals surface area contributed by atoms with Gasteiger partial charge in [-0.25, -0.2) is 9.41 Å². The lowest BCUT2D eigenvalue weighted by Gasteiger charge is -2.17. The van der Waals surface area contributed by atoms with Crippen molar-refractivity contribution in [1.29, 1.82) is 0 Å². The first-order valence-electron chi connectivity index (χ1n) is 12.1. The lowest BCUT2D eigenvalue weighted by Crippen LogP contribution is -2.32. The van der Waals surface area contributed by atoms with Gasteiger partial charge in [0.2, 0.25) is 5.69 Å². The molecule has 0 aliphatic heterocycles. The molecule has 5 aromatic rings. The number of aryl methyl sites for hydroxylation is 3. The van der Waals surface area contributed by atoms with E-state index in [9.17, 15) is 0 Å². The third-order valence-corrected chi connectivity index (χ3v) is 6.65. The molecule has 3 heteroatoms. The molecule has 0 spiro atoms. The molecular weight excluding hydrogens is 428 g/mol. The van der Waals surface area contributed by atoms with E-state index in [1.54, 1.807) is 0 Å². The lowest BCUT2D eigenvalue weighted by molar-refractivity contribution is -0.660. The first-order chi connectivity index (χ1) is 16.7. The molecule has 0 atom stereocenters. The molecule has 0 N–H and O–H groups in total. The van der Waals surface area contributed by atoms with Gasteiger partial charge < -0.3 is 4.42 Å². The van der Waals surface area contributed by atoms with Crippen LogP contribution >= 0.6 is 0 Å². The number of pyridine rings is 1. The third kappa shape index (κ3) is 4.00. The highest BCUT2D eigenvalue weighted by molar-refractivity contribution is 6.16. The Morgan fingerprint density at radius 1 is 0.886 bits per heavy atom. The molecule has 0 saturated carbocycles. The van der Waals surface area contributed by atoms with E-state index in [1.165, 1.54) is 16.7 Å². The molecule has 0 aliphatic rings. The first-order valence-corrected chi connectivity index (χ1v) is 12.1. The SMILES string of the molecule is [C-]#[N+]c1ccc2c(oc3c(-c4ccc(CC(C)(C)C)c[n+]4C)c(C)cc(C)c32)c1-c1ccccc1. The van der Waals surface area contributed by atoms with E-state index in [0.29, 0.717) is 5.69 Å². The summed E-state index contributed by atoms with van der Waals surface area (Å²) in [7, 11) is 2.11. The molecule has 0 bridgehead atoms. The summed E-state index contributed by atoms with van der Waals surface area (Å²) in [6.07, 6.45) is 3.26. The topological polar surface area (TPSA) is 21.4 Å². The molecule has 5 rings (SSSR count). The normalized spacial score (nSPS) is 11.8. The van der Waals surface area contributed by atoms with Gasteiger partial charge in [-0.2, -0.15) is 0 Å². The zero-order valence-corrected chi connectivity index (χ0v) is 21.4. The maximum atomic E-state index is 7.79. The van der Waals surface area contributed by atoms with E-state index in [1.807, 2.05) is 42.5 Å². The van der Waals surface area contributed by atoms with Gasteiger partial charge in [0.15, 0.2) is 11.9 Å². The van der Waals surface area contributed by atoms with Crippen LogP contribution in [0, 0.1) is 25.8 Å². The zero-order chi connectivity index (χ0) is 24.9. The number of fused-ring (bicyclic) bond motifs is 3. The van der Waals surface area contributed by atoms with Crippen LogP contribution in [0.3, 0.4) is 0 Å². The summed E-state index contributed by atoms with van der Waals surface area (Å²) in [5.74, 6) is 0. The van der Waals surface area contributed by atoms with Crippen LogP contribution in [-0.4, -0.2) is 0 Å². The Bertz CT molecular complexity index is 1630. The Kier molecular flexibility index (Phi) is 5.49. The highest BCUT2D eigenvalue weighted by atomic mass is 16.3. The van der Waals surface area contributed by atoms with Crippen LogP contribution in [0.4, 0.5) is 5.69 Å². The zero-order valence-electron chi connectivity index (χ0n) is 21.4. The number of furan rings is 1. The minimum absolute atomic E-state index is 0.231. The van der Waals surface area contributed by atoms with E-state index < -0.39 is 0 Å². The van der Waals surface area contributed by atoms with Crippen LogP contribution in [0.2, 0.25) is 0 Å². The van der Waals surface area contributed by atoms with Crippen molar-refractivity contribution in [3.8, 4) is 22.4 Å². The van der Waals surface area contributed by atoms with E-state index >= 15 is 0 Å². The molecule has 0 radical (unpaired) electrons. The number of nitrogens with zero attached hydrogens (tertiary/aromatic N) is 2. The van der Waals surface area contributed by atoms with Gasteiger partial charge in [0.05, 0.1) is 12.1 Å². The van der Waals surface area contributed by atoms with Crippen LogP contribution in [0.25, 0.3) is 49.2 Å². The van der Waals surface area contributed by atoms with Gasteiger partial charge in [-0.3, -0.25) is 0 Å². The maximum absolute atomic E-state index is 7.79. The summed E-state index contributed by atoms with van der Waals surface area (Å²) in [5, 5.41) is 2.17. The summed E-state index contributed by atoms with van der Waals surface area (Å²) >= 11 is 0. The second kappa shape index (κ2) is 8.40. The molecule has 0 aliphatic carbocycles. The molecule has 35 heavy (non-hydrogen) atoms. The molecule has 174 valence electrons. The van der Waals surface area contributed by atoms with Crippen LogP contribution in [-0.2, 0) is 13.5 Å². The van der Waals surface area contributed by atoms with Gasteiger partial charge in [0, 0.05) is 28.0 Å². The number of hydrogen-bond donors (Lipinski definition) is 0. The van der Waals surface area contributed by atoms with Crippen molar-refractivity contribution in [3.63, 3.8) is 0 Å². The van der Waals surface area contributed by atoms with Gasteiger partial charge >= 0.3 is 0 Å². The predicted octanol–water partition coefficient (Wildman–Crippen LogP) is 8.50. The molecular formula is C32H31N2O+. The van der Waals surface area contributed by atoms with E-state index in [4.69, 9.17) is 11.0 Å². The number of hydrogen-bond acceptors (Lipinski definition) is 1. The molecule has 2 heterocycles. The summed E-state index contributed by atoms with van der Waals surface area (Å²) in [6, 6.07) is 20.8. The maximum Gasteiger partial charge on any atom is 0.216 e. The van der Waals surface area contributed by atoms with Gasteiger partial charge in [0.25, 0.3) is 0 Å². The minimum atomic E-state index is 0.231. The summed E-state index contributed by atoms with van der Waals surface area (Å²) in [5.41, 5.74) is 10.3. The Hall–Kier alpha value is -3.90. The Morgan fingerprint density at radius 2 is 1.63 bits per heavy atom. The summed E-state index contributed by atoms with van der Waals surface area (Å²) < 4.78 is 8.95. The highest BCUT2D eigenvalue weighted by Crippen LogP contribution is 2.45. The average molecular weight is 460 g/mol. The van der Waals surface area contributed by atoms with Gasteiger partial charge in [-0.1, -0.05) is 69.3 Å². The van der Waals surface area contributed by atoms with Crippen molar-refractivity contribution in [2.75, 3.05) is 0 Å². The molecule has 3 aromatic carbocycles. The second-order valence-electron chi connectivity index (χ2n) is 10.8. The van der Waals surface area contributed by atoms with Gasteiger partial charge in [-0.15, -0.1) is 0 Å². The fourth-order valence-electron chi connectivity index (χ4n) is 5.30. The van der Waals surface area contributed by atoms with Crippen molar-refractivity contribution in [3.05, 3.63) is 95.0 Å². The molecule has 3 nitrogen and oxygen atoms in total. The fraction of sp³-hybridized carbons (Fsp3) is 0.250. The Balaban J connectivity index is 1.82. The quantitative estimate of drug-likeness (QED) is 0.196. The summed E-state index contributed by atoms with van der Waals surface area (Å²) in [6.45, 7) is 18.9. The van der Waals surface area contributed by atoms with E-state index in [2.05, 4.69) is 75.5 Å². The van der Waals surface area contributed by atoms with Crippen LogP contribution < -0.4 is 4.57 Å². The fourth-order valence-corrected chi connectivity index (χ4v) is 5.30. The average Bonchev–Trinajstić information content (AvgIpc) is 3.18. The van der Waals surface area contributed by atoms with Gasteiger partial charge in [0.1, 0.15) is 18.2 Å². The van der Waals surface area contributed by atoms with Gasteiger partial charge in [-0.05, 0) is 48.4 Å². The van der Waals surface area contributed by atoms with Crippen molar-refractivity contribution >= 4 is 27.6 Å². The van der Waals surface area contributed by atoms with Crippen LogP contribution in [0.5, 0.6) is 0 Å². The Morgan fingerprint density at radius 3 is 2.29 bits per heavy atom. The van der Waals surface area contributed by atoms with E-state index in [-0.39, 0.29) is 5.41 Å². The lowest BCUT2D eigenvalue weighted by atomic mass is 9.88. The van der Waals surface area contributed by atoms with Crippen molar-refractivity contribution < 1.29 is 8.98 Å². The van der Waals surface area contributed by atoms with Crippen molar-refractivity contribution in [1.82, 2.24) is 0 Å². The van der Waals surface area contributed by atoms with Crippen molar-refractivity contribution in [2.45, 2.75) is 41.0 Å².